The van der Waals surface area contributed by atoms with Crippen LogP contribution in [0.2, 0.25) is 5.02 Å². The van der Waals surface area contributed by atoms with Crippen molar-refractivity contribution in [2.75, 3.05) is 24.3 Å². The number of aromatic nitrogens is 2. The SMILES string of the molecule is CN(C)c1nc(NC2CCC(NC(=O)NCc3ccccc3Cl)CC2)nc2c1CCCC2. The molecule has 1 heterocycles. The molecule has 1 saturated carbocycles. The minimum absolute atomic E-state index is 0.144. The summed E-state index contributed by atoms with van der Waals surface area (Å²) >= 11 is 6.16. The zero-order chi connectivity index (χ0) is 22.5. The van der Waals surface area contributed by atoms with Crippen molar-refractivity contribution in [2.45, 2.75) is 70.0 Å². The molecule has 1 aromatic heterocycles. The molecule has 3 N–H and O–H groups in total. The lowest BCUT2D eigenvalue weighted by Gasteiger charge is -2.30. The maximum absolute atomic E-state index is 12.3. The molecular formula is C24H33ClN6O. The van der Waals surface area contributed by atoms with Gasteiger partial charge in [0.25, 0.3) is 0 Å². The molecule has 0 saturated heterocycles. The summed E-state index contributed by atoms with van der Waals surface area (Å²) in [5, 5.41) is 10.2. The van der Waals surface area contributed by atoms with Gasteiger partial charge in [0.05, 0.1) is 5.69 Å². The predicted molar refractivity (Wildman–Crippen MR) is 129 cm³/mol. The molecule has 32 heavy (non-hydrogen) atoms. The number of carbonyl (C=O) groups is 1. The lowest BCUT2D eigenvalue weighted by Crippen LogP contribution is -2.44. The molecule has 7 nitrogen and oxygen atoms in total. The van der Waals surface area contributed by atoms with E-state index in [2.05, 4.69) is 34.9 Å². The van der Waals surface area contributed by atoms with E-state index >= 15 is 0 Å². The van der Waals surface area contributed by atoms with Crippen LogP contribution in [-0.4, -0.2) is 42.2 Å². The number of nitrogens with zero attached hydrogens (tertiary/aromatic N) is 3. The van der Waals surface area contributed by atoms with Crippen LogP contribution in [0.5, 0.6) is 0 Å². The van der Waals surface area contributed by atoms with E-state index in [0.717, 1.165) is 55.9 Å². The molecule has 0 radical (unpaired) electrons. The number of anilines is 2. The first-order valence-electron chi connectivity index (χ1n) is 11.6. The zero-order valence-corrected chi connectivity index (χ0v) is 19.7. The zero-order valence-electron chi connectivity index (χ0n) is 19.0. The van der Waals surface area contributed by atoms with Crippen LogP contribution in [-0.2, 0) is 19.4 Å². The Balaban J connectivity index is 1.26. The normalized spacial score (nSPS) is 20.2. The second-order valence-corrected chi connectivity index (χ2v) is 9.42. The number of fused-ring (bicyclic) bond motifs is 1. The highest BCUT2D eigenvalue weighted by atomic mass is 35.5. The van der Waals surface area contributed by atoms with Crippen molar-refractivity contribution in [3.63, 3.8) is 0 Å². The molecule has 8 heteroatoms. The van der Waals surface area contributed by atoms with Crippen LogP contribution in [0.1, 0.15) is 55.3 Å². The Morgan fingerprint density at radius 1 is 1.06 bits per heavy atom. The van der Waals surface area contributed by atoms with E-state index in [1.54, 1.807) is 0 Å². The standard InChI is InChI=1S/C24H33ClN6O/c1-31(2)22-19-8-4-6-10-21(19)29-23(30-22)27-17-11-13-18(14-12-17)28-24(32)26-15-16-7-3-5-9-20(16)25/h3,5,7,9,17-18H,4,6,8,10-15H2,1-2H3,(H2,26,28,32)(H,27,29,30). The largest absolute Gasteiger partial charge is 0.362 e. The van der Waals surface area contributed by atoms with Gasteiger partial charge in [0.2, 0.25) is 5.95 Å². The summed E-state index contributed by atoms with van der Waals surface area (Å²) < 4.78 is 0. The minimum Gasteiger partial charge on any atom is -0.362 e. The number of amides is 2. The summed E-state index contributed by atoms with van der Waals surface area (Å²) in [6.07, 6.45) is 8.34. The van der Waals surface area contributed by atoms with Crippen molar-refractivity contribution in [3.8, 4) is 0 Å². The third-order valence-electron chi connectivity index (χ3n) is 6.38. The molecule has 4 rings (SSSR count). The first-order chi connectivity index (χ1) is 15.5. The molecule has 0 atom stereocenters. The highest BCUT2D eigenvalue weighted by molar-refractivity contribution is 6.31. The van der Waals surface area contributed by atoms with E-state index in [1.807, 2.05) is 24.3 Å². The highest BCUT2D eigenvalue weighted by Gasteiger charge is 2.24. The van der Waals surface area contributed by atoms with Crippen LogP contribution in [0, 0.1) is 0 Å². The van der Waals surface area contributed by atoms with E-state index in [9.17, 15) is 4.79 Å². The van der Waals surface area contributed by atoms with Gasteiger partial charge in [0, 0.05) is 43.3 Å². The van der Waals surface area contributed by atoms with Crippen LogP contribution in [0.15, 0.2) is 24.3 Å². The Hall–Kier alpha value is -2.54. The second kappa shape index (κ2) is 10.4. The maximum atomic E-state index is 12.3. The topological polar surface area (TPSA) is 82.2 Å². The number of urea groups is 1. The number of hydrogen-bond donors (Lipinski definition) is 3. The van der Waals surface area contributed by atoms with Crippen LogP contribution in [0.3, 0.4) is 0 Å². The van der Waals surface area contributed by atoms with Gasteiger partial charge in [0.15, 0.2) is 0 Å². The molecule has 2 aliphatic rings. The summed E-state index contributed by atoms with van der Waals surface area (Å²) in [6.45, 7) is 0.423. The van der Waals surface area contributed by atoms with Crippen molar-refractivity contribution < 1.29 is 4.79 Å². The number of halogens is 1. The van der Waals surface area contributed by atoms with Gasteiger partial charge in [-0.3, -0.25) is 0 Å². The molecule has 2 aromatic rings. The molecule has 0 spiro atoms. The lowest BCUT2D eigenvalue weighted by atomic mass is 9.91. The Labute approximate surface area is 195 Å². The van der Waals surface area contributed by atoms with Gasteiger partial charge in [-0.05, 0) is 63.0 Å². The Bertz CT molecular complexity index is 942. The lowest BCUT2D eigenvalue weighted by molar-refractivity contribution is 0.231. The average Bonchev–Trinajstić information content (AvgIpc) is 2.79. The monoisotopic (exact) mass is 456 g/mol. The van der Waals surface area contributed by atoms with E-state index in [4.69, 9.17) is 21.6 Å². The van der Waals surface area contributed by atoms with Crippen LogP contribution in [0.25, 0.3) is 0 Å². The maximum Gasteiger partial charge on any atom is 0.315 e. The molecule has 2 aliphatic carbocycles. The quantitative estimate of drug-likeness (QED) is 0.603. The Kier molecular flexibility index (Phi) is 7.35. The van der Waals surface area contributed by atoms with Gasteiger partial charge in [-0.2, -0.15) is 4.98 Å². The van der Waals surface area contributed by atoms with E-state index in [-0.39, 0.29) is 12.1 Å². The summed E-state index contributed by atoms with van der Waals surface area (Å²) in [7, 11) is 4.10. The fourth-order valence-corrected chi connectivity index (χ4v) is 4.83. The number of benzene rings is 1. The molecule has 1 aromatic carbocycles. The molecule has 0 bridgehead atoms. The second-order valence-electron chi connectivity index (χ2n) is 9.01. The summed E-state index contributed by atoms with van der Waals surface area (Å²) in [4.78, 5) is 24.1. The van der Waals surface area contributed by atoms with Crippen LogP contribution < -0.4 is 20.9 Å². The number of carbonyl (C=O) groups excluding carboxylic acids is 1. The van der Waals surface area contributed by atoms with Crippen molar-refractivity contribution in [2.24, 2.45) is 0 Å². The van der Waals surface area contributed by atoms with E-state index < -0.39 is 0 Å². The number of rotatable bonds is 6. The van der Waals surface area contributed by atoms with Gasteiger partial charge in [0.1, 0.15) is 5.82 Å². The van der Waals surface area contributed by atoms with Gasteiger partial charge >= 0.3 is 6.03 Å². The van der Waals surface area contributed by atoms with E-state index in [1.165, 1.54) is 24.1 Å². The first-order valence-corrected chi connectivity index (χ1v) is 12.0. The molecule has 1 fully saturated rings. The van der Waals surface area contributed by atoms with Gasteiger partial charge in [-0.15, -0.1) is 0 Å². The van der Waals surface area contributed by atoms with Gasteiger partial charge in [-0.1, -0.05) is 29.8 Å². The minimum atomic E-state index is -0.144. The fraction of sp³-hybridized carbons (Fsp3) is 0.542. The van der Waals surface area contributed by atoms with Crippen LogP contribution in [0.4, 0.5) is 16.6 Å². The van der Waals surface area contributed by atoms with Crippen LogP contribution >= 0.6 is 11.6 Å². The van der Waals surface area contributed by atoms with Crippen molar-refractivity contribution in [1.29, 1.82) is 0 Å². The Morgan fingerprint density at radius 2 is 1.78 bits per heavy atom. The molecule has 0 aliphatic heterocycles. The van der Waals surface area contributed by atoms with Crippen molar-refractivity contribution in [3.05, 3.63) is 46.1 Å². The average molecular weight is 457 g/mol. The summed E-state index contributed by atoms with van der Waals surface area (Å²) in [5.74, 6) is 1.78. The fourth-order valence-electron chi connectivity index (χ4n) is 4.63. The number of nitrogens with one attached hydrogen (secondary N) is 3. The van der Waals surface area contributed by atoms with Gasteiger partial charge in [-0.25, -0.2) is 9.78 Å². The molecule has 0 unspecified atom stereocenters. The summed E-state index contributed by atoms with van der Waals surface area (Å²) in [6, 6.07) is 7.92. The third-order valence-corrected chi connectivity index (χ3v) is 6.75. The van der Waals surface area contributed by atoms with Gasteiger partial charge < -0.3 is 20.9 Å². The number of aryl methyl sites for hydroxylation is 1. The highest BCUT2D eigenvalue weighted by Crippen LogP contribution is 2.29. The third kappa shape index (κ3) is 5.63. The first kappa shape index (κ1) is 22.6. The molecule has 2 amide bonds. The Morgan fingerprint density at radius 3 is 2.53 bits per heavy atom. The van der Waals surface area contributed by atoms with Crippen molar-refractivity contribution >= 4 is 29.4 Å². The number of hydrogen-bond acceptors (Lipinski definition) is 5. The molecular weight excluding hydrogens is 424 g/mol. The van der Waals surface area contributed by atoms with E-state index in [0.29, 0.717) is 17.6 Å². The van der Waals surface area contributed by atoms with Crippen molar-refractivity contribution in [1.82, 2.24) is 20.6 Å². The predicted octanol–water partition coefficient (Wildman–Crippen LogP) is 4.30. The summed E-state index contributed by atoms with van der Waals surface area (Å²) in [5.41, 5.74) is 3.42. The molecule has 172 valence electrons. The smallest absolute Gasteiger partial charge is 0.315 e.